The predicted octanol–water partition coefficient (Wildman–Crippen LogP) is 1.93. The maximum atomic E-state index is 5.40. The summed E-state index contributed by atoms with van der Waals surface area (Å²) in [6.07, 6.45) is 5.12. The van der Waals surface area contributed by atoms with Gasteiger partial charge < -0.3 is 10.7 Å². The Hall–Kier alpha value is 0.137. The van der Waals surface area contributed by atoms with Crippen LogP contribution in [-0.2, 0) is 0 Å². The molecule has 0 saturated heterocycles. The van der Waals surface area contributed by atoms with Gasteiger partial charge in [-0.05, 0) is 25.9 Å². The van der Waals surface area contributed by atoms with Gasteiger partial charge in [0, 0.05) is 0 Å². The summed E-state index contributed by atoms with van der Waals surface area (Å²) < 4.78 is 0. The third-order valence-corrected chi connectivity index (χ3v) is 3.10. The van der Waals surface area contributed by atoms with Crippen LogP contribution >= 0.6 is 0 Å². The fraction of sp³-hybridized carbons (Fsp3) is 1.00. The van der Waals surface area contributed by atoms with E-state index in [2.05, 4.69) is 24.6 Å². The molecule has 0 radical (unpaired) electrons. The Morgan fingerprint density at radius 1 is 1.00 bits per heavy atom. The molecule has 74 valence electrons. The predicted molar refractivity (Wildman–Crippen MR) is 58.9 cm³/mol. The third kappa shape index (κ3) is 10.1. The van der Waals surface area contributed by atoms with E-state index in [9.17, 15) is 0 Å². The van der Waals surface area contributed by atoms with Gasteiger partial charge in [-0.15, -0.1) is 0 Å². The summed E-state index contributed by atoms with van der Waals surface area (Å²) in [5.74, 6) is 0. The van der Waals surface area contributed by atoms with E-state index < -0.39 is 8.24 Å². The van der Waals surface area contributed by atoms with E-state index in [1.54, 1.807) is 0 Å². The summed E-state index contributed by atoms with van der Waals surface area (Å²) >= 11 is 0. The van der Waals surface area contributed by atoms with Crippen LogP contribution in [0.2, 0.25) is 19.6 Å². The fourth-order valence-electron chi connectivity index (χ4n) is 1.09. The molecule has 0 fully saturated rings. The zero-order chi connectivity index (χ0) is 9.45. The minimum atomic E-state index is -1.00. The standard InChI is InChI=1S/C9H24N2Si/c1-12(2,3)11-9-7-5-4-6-8-10/h11H,4-10H2,1-3H3. The summed E-state index contributed by atoms with van der Waals surface area (Å²) in [5.41, 5.74) is 5.40. The molecule has 0 rings (SSSR count). The number of rotatable bonds is 7. The number of nitrogens with two attached hydrogens (primary N) is 1. The number of nitrogens with one attached hydrogen (secondary N) is 1. The van der Waals surface area contributed by atoms with Crippen LogP contribution in [0.25, 0.3) is 0 Å². The van der Waals surface area contributed by atoms with E-state index in [0.29, 0.717) is 0 Å². The first kappa shape index (κ1) is 12.1. The zero-order valence-electron chi connectivity index (χ0n) is 8.82. The largest absolute Gasteiger partial charge is 0.337 e. The van der Waals surface area contributed by atoms with Crippen LogP contribution in [0.1, 0.15) is 25.7 Å². The Morgan fingerprint density at radius 2 is 1.58 bits per heavy atom. The van der Waals surface area contributed by atoms with Crippen molar-refractivity contribution in [3.8, 4) is 0 Å². The molecule has 0 aliphatic carbocycles. The van der Waals surface area contributed by atoms with Crippen molar-refractivity contribution < 1.29 is 0 Å². The summed E-state index contributed by atoms with van der Waals surface area (Å²) in [4.78, 5) is 3.61. The quantitative estimate of drug-likeness (QED) is 0.473. The molecule has 0 heterocycles. The first-order valence-electron chi connectivity index (χ1n) is 5.01. The zero-order valence-corrected chi connectivity index (χ0v) is 9.82. The lowest BCUT2D eigenvalue weighted by molar-refractivity contribution is 0.637. The number of unbranched alkanes of at least 4 members (excludes halogenated alkanes) is 3. The lowest BCUT2D eigenvalue weighted by Gasteiger charge is -2.17. The van der Waals surface area contributed by atoms with E-state index in [4.69, 9.17) is 5.73 Å². The minimum absolute atomic E-state index is 0.849. The molecule has 0 aliphatic heterocycles. The summed E-state index contributed by atoms with van der Waals surface area (Å²) in [6, 6.07) is 0. The Balaban J connectivity index is 3.01. The van der Waals surface area contributed by atoms with Gasteiger partial charge in [0.15, 0.2) is 0 Å². The molecular formula is C9H24N2Si. The molecule has 0 aliphatic rings. The van der Waals surface area contributed by atoms with Crippen molar-refractivity contribution in [1.29, 1.82) is 0 Å². The highest BCUT2D eigenvalue weighted by atomic mass is 28.3. The Morgan fingerprint density at radius 3 is 2.08 bits per heavy atom. The number of hydrogen-bond donors (Lipinski definition) is 2. The smallest absolute Gasteiger partial charge is 0.116 e. The molecular weight excluding hydrogens is 164 g/mol. The first-order chi connectivity index (χ1) is 5.56. The van der Waals surface area contributed by atoms with Crippen molar-refractivity contribution in [2.45, 2.75) is 45.3 Å². The van der Waals surface area contributed by atoms with Gasteiger partial charge in [0.1, 0.15) is 8.24 Å². The van der Waals surface area contributed by atoms with Crippen LogP contribution in [0.3, 0.4) is 0 Å². The molecule has 0 aromatic carbocycles. The van der Waals surface area contributed by atoms with Gasteiger partial charge >= 0.3 is 0 Å². The number of hydrogen-bond acceptors (Lipinski definition) is 2. The van der Waals surface area contributed by atoms with E-state index >= 15 is 0 Å². The highest BCUT2D eigenvalue weighted by Gasteiger charge is 2.10. The van der Waals surface area contributed by atoms with Crippen molar-refractivity contribution in [1.82, 2.24) is 4.98 Å². The van der Waals surface area contributed by atoms with Crippen molar-refractivity contribution in [2.24, 2.45) is 5.73 Å². The van der Waals surface area contributed by atoms with E-state index in [1.807, 2.05) is 0 Å². The van der Waals surface area contributed by atoms with E-state index in [0.717, 1.165) is 6.54 Å². The van der Waals surface area contributed by atoms with E-state index in [1.165, 1.54) is 32.2 Å². The lowest BCUT2D eigenvalue weighted by Crippen LogP contribution is -2.41. The highest BCUT2D eigenvalue weighted by molar-refractivity contribution is 6.73. The van der Waals surface area contributed by atoms with Crippen LogP contribution in [0, 0.1) is 0 Å². The maximum Gasteiger partial charge on any atom is 0.116 e. The van der Waals surface area contributed by atoms with Crippen molar-refractivity contribution in [3.05, 3.63) is 0 Å². The van der Waals surface area contributed by atoms with Crippen LogP contribution in [0.4, 0.5) is 0 Å². The van der Waals surface area contributed by atoms with Crippen LogP contribution in [0.15, 0.2) is 0 Å². The van der Waals surface area contributed by atoms with Gasteiger partial charge in [-0.1, -0.05) is 32.5 Å². The molecule has 0 spiro atoms. The van der Waals surface area contributed by atoms with Crippen molar-refractivity contribution in [2.75, 3.05) is 13.1 Å². The Kier molecular flexibility index (Phi) is 6.71. The van der Waals surface area contributed by atoms with E-state index in [-0.39, 0.29) is 0 Å². The van der Waals surface area contributed by atoms with Gasteiger partial charge in [-0.3, -0.25) is 0 Å². The van der Waals surface area contributed by atoms with Gasteiger partial charge in [-0.25, -0.2) is 0 Å². The van der Waals surface area contributed by atoms with Crippen molar-refractivity contribution in [3.63, 3.8) is 0 Å². The minimum Gasteiger partial charge on any atom is -0.337 e. The van der Waals surface area contributed by atoms with Crippen LogP contribution in [-0.4, -0.2) is 21.3 Å². The molecule has 0 unspecified atom stereocenters. The monoisotopic (exact) mass is 188 g/mol. The highest BCUT2D eigenvalue weighted by Crippen LogP contribution is 1.99. The molecule has 3 heteroatoms. The second-order valence-electron chi connectivity index (χ2n) is 4.38. The Bertz CT molecular complexity index is 99.2. The molecule has 0 atom stereocenters. The fourth-order valence-corrected chi connectivity index (χ4v) is 2.01. The summed E-state index contributed by atoms with van der Waals surface area (Å²) in [5, 5.41) is 0. The second kappa shape index (κ2) is 6.63. The molecule has 12 heavy (non-hydrogen) atoms. The average molecular weight is 188 g/mol. The second-order valence-corrected chi connectivity index (χ2v) is 9.23. The van der Waals surface area contributed by atoms with Crippen LogP contribution < -0.4 is 10.7 Å². The topological polar surface area (TPSA) is 38.0 Å². The maximum absolute atomic E-state index is 5.40. The molecule has 0 amide bonds. The molecule has 2 nitrogen and oxygen atoms in total. The molecule has 0 bridgehead atoms. The van der Waals surface area contributed by atoms with Crippen molar-refractivity contribution >= 4 is 8.24 Å². The normalized spacial score (nSPS) is 12.0. The SMILES string of the molecule is C[Si](C)(C)NCCCCCCN. The lowest BCUT2D eigenvalue weighted by atomic mass is 10.2. The Labute approximate surface area is 78.0 Å². The van der Waals surface area contributed by atoms with Gasteiger partial charge in [0.25, 0.3) is 0 Å². The van der Waals surface area contributed by atoms with Gasteiger partial charge in [0.05, 0.1) is 0 Å². The summed E-state index contributed by atoms with van der Waals surface area (Å²) in [7, 11) is -1.00. The van der Waals surface area contributed by atoms with Crippen LogP contribution in [0.5, 0.6) is 0 Å². The average Bonchev–Trinajstić information content (AvgIpc) is 1.94. The summed E-state index contributed by atoms with van der Waals surface area (Å²) in [6.45, 7) is 9.06. The molecule has 0 saturated carbocycles. The third-order valence-electron chi connectivity index (χ3n) is 1.79. The van der Waals surface area contributed by atoms with Gasteiger partial charge in [0.2, 0.25) is 0 Å². The first-order valence-corrected chi connectivity index (χ1v) is 8.51. The molecule has 0 aromatic rings. The molecule has 3 N–H and O–H groups in total. The van der Waals surface area contributed by atoms with Gasteiger partial charge in [-0.2, -0.15) is 0 Å². The molecule has 0 aromatic heterocycles.